The van der Waals surface area contributed by atoms with Crippen LogP contribution in [0.15, 0.2) is 18.2 Å². The van der Waals surface area contributed by atoms with Crippen molar-refractivity contribution in [3.05, 3.63) is 29.3 Å². The summed E-state index contributed by atoms with van der Waals surface area (Å²) >= 11 is 0. The Hall–Kier alpha value is -1.55. The van der Waals surface area contributed by atoms with Gasteiger partial charge in [0.25, 0.3) is 0 Å². The van der Waals surface area contributed by atoms with Crippen molar-refractivity contribution in [3.63, 3.8) is 0 Å². The molecule has 0 aliphatic heterocycles. The molecule has 0 amide bonds. The van der Waals surface area contributed by atoms with Crippen LogP contribution in [0.25, 0.3) is 0 Å². The molecule has 4 nitrogen and oxygen atoms in total. The van der Waals surface area contributed by atoms with Crippen LogP contribution in [0.1, 0.15) is 25.0 Å². The van der Waals surface area contributed by atoms with Crippen molar-refractivity contribution >= 4 is 5.97 Å². The largest absolute Gasteiger partial charge is 0.492 e. The summed E-state index contributed by atoms with van der Waals surface area (Å²) in [5.74, 6) is 0.548. The number of nitrogens with two attached hydrogens (primary N) is 1. The van der Waals surface area contributed by atoms with Crippen LogP contribution in [0, 0.1) is 12.3 Å². The molecule has 0 spiro atoms. The fourth-order valence-electron chi connectivity index (χ4n) is 1.86. The molecule has 0 radical (unpaired) electrons. The highest BCUT2D eigenvalue weighted by Gasteiger charge is 2.30. The third-order valence-corrected chi connectivity index (χ3v) is 3.02. The predicted octanol–water partition coefficient (Wildman–Crippen LogP) is 2.07. The SMILES string of the molecule is COC(=O)C(C)(C)COc1c(C)cccc1CCN. The van der Waals surface area contributed by atoms with Gasteiger partial charge in [-0.3, -0.25) is 4.79 Å². The Kier molecular flexibility index (Phi) is 5.36. The van der Waals surface area contributed by atoms with E-state index in [1.165, 1.54) is 7.11 Å². The van der Waals surface area contributed by atoms with Gasteiger partial charge in [0.1, 0.15) is 12.4 Å². The minimum atomic E-state index is -0.670. The topological polar surface area (TPSA) is 61.5 Å². The van der Waals surface area contributed by atoms with Gasteiger partial charge in [-0.05, 0) is 44.9 Å². The molecule has 1 rings (SSSR count). The molecule has 4 heteroatoms. The molecular formula is C15H23NO3. The van der Waals surface area contributed by atoms with E-state index < -0.39 is 5.41 Å². The standard InChI is InChI=1S/C15H23NO3/c1-11-6-5-7-12(8-9-16)13(11)19-10-15(2,3)14(17)18-4/h5-7H,8-10,16H2,1-4H3. The number of para-hydroxylation sites is 1. The highest BCUT2D eigenvalue weighted by Crippen LogP contribution is 2.26. The lowest BCUT2D eigenvalue weighted by Crippen LogP contribution is -2.32. The van der Waals surface area contributed by atoms with E-state index in [2.05, 4.69) is 0 Å². The van der Waals surface area contributed by atoms with Crippen LogP contribution in [-0.4, -0.2) is 26.2 Å². The van der Waals surface area contributed by atoms with E-state index in [4.69, 9.17) is 15.2 Å². The zero-order valence-corrected chi connectivity index (χ0v) is 12.2. The Labute approximate surface area is 114 Å². The van der Waals surface area contributed by atoms with Gasteiger partial charge in [-0.25, -0.2) is 0 Å². The highest BCUT2D eigenvalue weighted by molar-refractivity contribution is 5.75. The average Bonchev–Trinajstić information content (AvgIpc) is 2.37. The summed E-state index contributed by atoms with van der Waals surface area (Å²) in [5, 5.41) is 0. The summed E-state index contributed by atoms with van der Waals surface area (Å²) in [4.78, 5) is 11.6. The lowest BCUT2D eigenvalue weighted by molar-refractivity contribution is -0.152. The van der Waals surface area contributed by atoms with E-state index in [1.807, 2.05) is 25.1 Å². The van der Waals surface area contributed by atoms with E-state index in [-0.39, 0.29) is 12.6 Å². The summed E-state index contributed by atoms with van der Waals surface area (Å²) in [6.07, 6.45) is 0.760. The zero-order valence-electron chi connectivity index (χ0n) is 12.2. The van der Waals surface area contributed by atoms with E-state index in [0.29, 0.717) is 6.54 Å². The lowest BCUT2D eigenvalue weighted by Gasteiger charge is -2.23. The average molecular weight is 265 g/mol. The molecule has 0 saturated carbocycles. The number of methoxy groups -OCH3 is 1. The van der Waals surface area contributed by atoms with E-state index in [9.17, 15) is 4.79 Å². The van der Waals surface area contributed by atoms with Crippen molar-refractivity contribution in [3.8, 4) is 5.75 Å². The normalized spacial score (nSPS) is 11.2. The number of hydrogen-bond donors (Lipinski definition) is 1. The van der Waals surface area contributed by atoms with Gasteiger partial charge < -0.3 is 15.2 Å². The smallest absolute Gasteiger partial charge is 0.314 e. The van der Waals surface area contributed by atoms with Crippen LogP contribution in [0.3, 0.4) is 0 Å². The van der Waals surface area contributed by atoms with Crippen LogP contribution in [0.2, 0.25) is 0 Å². The maximum Gasteiger partial charge on any atom is 0.314 e. The van der Waals surface area contributed by atoms with Crippen molar-refractivity contribution in [2.75, 3.05) is 20.3 Å². The Morgan fingerprint density at radius 3 is 2.63 bits per heavy atom. The van der Waals surface area contributed by atoms with Crippen LogP contribution in [0.4, 0.5) is 0 Å². The molecule has 19 heavy (non-hydrogen) atoms. The molecular weight excluding hydrogens is 242 g/mol. The molecule has 0 unspecified atom stereocenters. The van der Waals surface area contributed by atoms with Crippen molar-refractivity contribution in [1.29, 1.82) is 0 Å². The molecule has 0 fully saturated rings. The lowest BCUT2D eigenvalue weighted by atomic mass is 9.95. The van der Waals surface area contributed by atoms with Crippen molar-refractivity contribution in [2.24, 2.45) is 11.1 Å². The van der Waals surface area contributed by atoms with Crippen LogP contribution >= 0.6 is 0 Å². The minimum Gasteiger partial charge on any atom is -0.492 e. The summed E-state index contributed by atoms with van der Waals surface area (Å²) in [5.41, 5.74) is 7.05. The zero-order chi connectivity index (χ0) is 14.5. The Morgan fingerprint density at radius 1 is 1.37 bits per heavy atom. The molecule has 2 N–H and O–H groups in total. The van der Waals surface area contributed by atoms with E-state index in [1.54, 1.807) is 13.8 Å². The first kappa shape index (κ1) is 15.5. The van der Waals surface area contributed by atoms with Crippen LogP contribution in [-0.2, 0) is 16.0 Å². The summed E-state index contributed by atoms with van der Waals surface area (Å²) < 4.78 is 10.6. The number of aryl methyl sites for hydroxylation is 1. The number of rotatable bonds is 6. The summed E-state index contributed by atoms with van der Waals surface area (Å²) in [7, 11) is 1.39. The Morgan fingerprint density at radius 2 is 2.05 bits per heavy atom. The number of carbonyl (C=O) groups is 1. The second kappa shape index (κ2) is 6.57. The maximum absolute atomic E-state index is 11.6. The van der Waals surface area contributed by atoms with Gasteiger partial charge in [-0.2, -0.15) is 0 Å². The van der Waals surface area contributed by atoms with Crippen molar-refractivity contribution < 1.29 is 14.3 Å². The number of carbonyl (C=O) groups excluding carboxylic acids is 1. The van der Waals surface area contributed by atoms with Gasteiger partial charge in [0.15, 0.2) is 0 Å². The highest BCUT2D eigenvalue weighted by atomic mass is 16.5. The maximum atomic E-state index is 11.6. The van der Waals surface area contributed by atoms with Crippen LogP contribution < -0.4 is 10.5 Å². The summed E-state index contributed by atoms with van der Waals surface area (Å²) in [6.45, 7) is 6.45. The quantitative estimate of drug-likeness (QED) is 0.800. The van der Waals surface area contributed by atoms with Gasteiger partial charge in [0.05, 0.1) is 12.5 Å². The third-order valence-electron chi connectivity index (χ3n) is 3.02. The van der Waals surface area contributed by atoms with E-state index >= 15 is 0 Å². The third kappa shape index (κ3) is 3.96. The van der Waals surface area contributed by atoms with Crippen molar-refractivity contribution in [2.45, 2.75) is 27.2 Å². The van der Waals surface area contributed by atoms with Gasteiger partial charge in [0.2, 0.25) is 0 Å². The summed E-state index contributed by atoms with van der Waals surface area (Å²) in [6, 6.07) is 5.97. The number of benzene rings is 1. The fourth-order valence-corrected chi connectivity index (χ4v) is 1.86. The van der Waals surface area contributed by atoms with Crippen LogP contribution in [0.5, 0.6) is 5.75 Å². The first-order valence-corrected chi connectivity index (χ1v) is 6.42. The molecule has 106 valence electrons. The number of ether oxygens (including phenoxy) is 2. The van der Waals surface area contributed by atoms with Gasteiger partial charge >= 0.3 is 5.97 Å². The molecule has 1 aromatic carbocycles. The minimum absolute atomic E-state index is 0.276. The molecule has 0 aliphatic carbocycles. The molecule has 0 bridgehead atoms. The Balaban J connectivity index is 2.85. The molecule has 0 atom stereocenters. The first-order valence-electron chi connectivity index (χ1n) is 6.42. The number of hydrogen-bond acceptors (Lipinski definition) is 4. The molecule has 0 saturated heterocycles. The van der Waals surface area contributed by atoms with Gasteiger partial charge in [-0.1, -0.05) is 18.2 Å². The Bertz CT molecular complexity index is 441. The predicted molar refractivity (Wildman–Crippen MR) is 75.2 cm³/mol. The van der Waals surface area contributed by atoms with Gasteiger partial charge in [0, 0.05) is 0 Å². The second-order valence-electron chi connectivity index (χ2n) is 5.27. The second-order valence-corrected chi connectivity index (χ2v) is 5.27. The molecule has 0 aromatic heterocycles. The monoisotopic (exact) mass is 265 g/mol. The fraction of sp³-hybridized carbons (Fsp3) is 0.533. The molecule has 0 heterocycles. The first-order chi connectivity index (χ1) is 8.92. The van der Waals surface area contributed by atoms with E-state index in [0.717, 1.165) is 23.3 Å². The van der Waals surface area contributed by atoms with Crippen molar-refractivity contribution in [1.82, 2.24) is 0 Å². The molecule has 1 aromatic rings. The van der Waals surface area contributed by atoms with Gasteiger partial charge in [-0.15, -0.1) is 0 Å². The molecule has 0 aliphatic rings. The number of esters is 1.